The van der Waals surface area contributed by atoms with Crippen LogP contribution in [0.1, 0.15) is 28.1 Å². The van der Waals surface area contributed by atoms with Crippen LogP contribution in [-0.4, -0.2) is 36.3 Å². The second-order valence-corrected chi connectivity index (χ2v) is 6.21. The van der Waals surface area contributed by atoms with Crippen LogP contribution in [-0.2, 0) is 20.9 Å². The Morgan fingerprint density at radius 3 is 2.81 bits per heavy atom. The molecule has 3 rings (SSSR count). The first kappa shape index (κ1) is 17.7. The topological polar surface area (TPSA) is 88.8 Å². The molecule has 1 aliphatic rings. The third-order valence-corrected chi connectivity index (χ3v) is 4.51. The summed E-state index contributed by atoms with van der Waals surface area (Å²) in [7, 11) is 1.31. The van der Waals surface area contributed by atoms with Gasteiger partial charge in [-0.05, 0) is 36.8 Å². The molecule has 1 saturated heterocycles. The predicted molar refractivity (Wildman–Crippen MR) is 93.4 cm³/mol. The van der Waals surface area contributed by atoms with E-state index < -0.39 is 11.9 Å². The number of hydrogen-bond donors (Lipinski definition) is 1. The summed E-state index contributed by atoms with van der Waals surface area (Å²) in [6.07, 6.45) is 1.71. The lowest BCUT2D eigenvalue weighted by Crippen LogP contribution is -2.28. The minimum atomic E-state index is -0.459. The summed E-state index contributed by atoms with van der Waals surface area (Å²) in [6, 6.07) is 8.59. The number of anilines is 1. The Labute approximate surface area is 150 Å². The standard InChI is InChI=1S/C19H20N2O5/c1-12-15(19(24)25-2)6-3-7-16(12)20-18(23)13-9-17(22)21(10-13)11-14-5-4-8-26-14/h3-8,13H,9-11H2,1-2H3,(H,20,23). The van der Waals surface area contributed by atoms with Gasteiger partial charge < -0.3 is 19.4 Å². The molecule has 1 N–H and O–H groups in total. The third kappa shape index (κ3) is 3.61. The summed E-state index contributed by atoms with van der Waals surface area (Å²) < 4.78 is 10.0. The SMILES string of the molecule is COC(=O)c1cccc(NC(=O)C2CC(=O)N(Cc3ccco3)C2)c1C. The van der Waals surface area contributed by atoms with Gasteiger partial charge in [0.05, 0.1) is 31.4 Å². The zero-order valence-electron chi connectivity index (χ0n) is 14.7. The van der Waals surface area contributed by atoms with Crippen molar-refractivity contribution < 1.29 is 23.5 Å². The molecule has 0 bridgehead atoms. The lowest BCUT2D eigenvalue weighted by molar-refractivity contribution is -0.128. The Hall–Kier alpha value is -3.09. The molecule has 1 fully saturated rings. The van der Waals surface area contributed by atoms with Crippen LogP contribution in [0.2, 0.25) is 0 Å². The van der Waals surface area contributed by atoms with Crippen molar-refractivity contribution in [2.45, 2.75) is 19.9 Å². The first-order chi connectivity index (χ1) is 12.5. The molecular formula is C19H20N2O5. The van der Waals surface area contributed by atoms with Gasteiger partial charge in [-0.15, -0.1) is 0 Å². The Balaban J connectivity index is 1.67. The van der Waals surface area contributed by atoms with Gasteiger partial charge in [-0.25, -0.2) is 4.79 Å². The van der Waals surface area contributed by atoms with Crippen molar-refractivity contribution in [1.82, 2.24) is 4.90 Å². The molecule has 1 aromatic carbocycles. The van der Waals surface area contributed by atoms with Crippen LogP contribution in [0.5, 0.6) is 0 Å². The Bertz CT molecular complexity index is 828. The highest BCUT2D eigenvalue weighted by Crippen LogP contribution is 2.24. The molecule has 0 radical (unpaired) electrons. The van der Waals surface area contributed by atoms with E-state index in [-0.39, 0.29) is 18.2 Å². The van der Waals surface area contributed by atoms with Gasteiger partial charge in [-0.1, -0.05) is 6.07 Å². The molecule has 1 aliphatic heterocycles. The number of nitrogens with zero attached hydrogens (tertiary/aromatic N) is 1. The Morgan fingerprint density at radius 2 is 2.12 bits per heavy atom. The molecule has 1 unspecified atom stereocenters. The van der Waals surface area contributed by atoms with E-state index in [0.29, 0.717) is 35.7 Å². The number of hydrogen-bond acceptors (Lipinski definition) is 5. The molecule has 2 amide bonds. The quantitative estimate of drug-likeness (QED) is 0.831. The fraction of sp³-hybridized carbons (Fsp3) is 0.316. The van der Waals surface area contributed by atoms with Crippen LogP contribution in [0.15, 0.2) is 41.0 Å². The molecule has 1 aromatic heterocycles. The second kappa shape index (κ2) is 7.43. The van der Waals surface area contributed by atoms with Crippen LogP contribution in [0.25, 0.3) is 0 Å². The first-order valence-corrected chi connectivity index (χ1v) is 8.28. The number of carbonyl (C=O) groups excluding carboxylic acids is 3. The normalized spacial score (nSPS) is 16.6. The first-order valence-electron chi connectivity index (χ1n) is 8.28. The molecule has 0 spiro atoms. The highest BCUT2D eigenvalue weighted by Gasteiger charge is 2.34. The van der Waals surface area contributed by atoms with Gasteiger partial charge in [-0.2, -0.15) is 0 Å². The van der Waals surface area contributed by atoms with Gasteiger partial charge in [0.1, 0.15) is 5.76 Å². The van der Waals surface area contributed by atoms with E-state index in [4.69, 9.17) is 9.15 Å². The molecule has 136 valence electrons. The average molecular weight is 356 g/mol. The minimum absolute atomic E-state index is 0.0819. The molecule has 2 aromatic rings. The van der Waals surface area contributed by atoms with E-state index in [1.165, 1.54) is 7.11 Å². The van der Waals surface area contributed by atoms with Gasteiger partial charge in [0.15, 0.2) is 0 Å². The molecule has 2 heterocycles. The smallest absolute Gasteiger partial charge is 0.338 e. The highest BCUT2D eigenvalue weighted by molar-refractivity contribution is 5.99. The Kier molecular flexibility index (Phi) is 5.06. The zero-order valence-corrected chi connectivity index (χ0v) is 14.7. The number of ether oxygens (including phenoxy) is 1. The van der Waals surface area contributed by atoms with Crippen molar-refractivity contribution in [3.05, 3.63) is 53.5 Å². The van der Waals surface area contributed by atoms with Crippen molar-refractivity contribution in [3.63, 3.8) is 0 Å². The lowest BCUT2D eigenvalue weighted by Gasteiger charge is -2.16. The molecule has 0 saturated carbocycles. The van der Waals surface area contributed by atoms with E-state index in [1.54, 1.807) is 48.4 Å². The summed E-state index contributed by atoms with van der Waals surface area (Å²) in [5.74, 6) is -0.550. The van der Waals surface area contributed by atoms with E-state index in [0.717, 1.165) is 0 Å². The number of methoxy groups -OCH3 is 1. The van der Waals surface area contributed by atoms with Crippen molar-refractivity contribution >= 4 is 23.5 Å². The second-order valence-electron chi connectivity index (χ2n) is 6.21. The number of nitrogens with one attached hydrogen (secondary N) is 1. The van der Waals surface area contributed by atoms with E-state index in [1.807, 2.05) is 0 Å². The maximum absolute atomic E-state index is 12.6. The number of likely N-dealkylation sites (tertiary alicyclic amines) is 1. The third-order valence-electron chi connectivity index (χ3n) is 4.51. The van der Waals surface area contributed by atoms with E-state index in [2.05, 4.69) is 5.32 Å². The average Bonchev–Trinajstić information content (AvgIpc) is 3.27. The van der Waals surface area contributed by atoms with Crippen LogP contribution in [0.4, 0.5) is 5.69 Å². The number of furan rings is 1. The summed E-state index contributed by atoms with van der Waals surface area (Å²) >= 11 is 0. The minimum Gasteiger partial charge on any atom is -0.467 e. The number of amides is 2. The van der Waals surface area contributed by atoms with Gasteiger partial charge in [0, 0.05) is 18.7 Å². The number of rotatable bonds is 5. The molecule has 1 atom stereocenters. The number of esters is 1. The van der Waals surface area contributed by atoms with Crippen molar-refractivity contribution in [2.24, 2.45) is 5.92 Å². The zero-order chi connectivity index (χ0) is 18.7. The summed E-state index contributed by atoms with van der Waals surface area (Å²) in [5, 5.41) is 2.82. The molecule has 7 heteroatoms. The monoisotopic (exact) mass is 356 g/mol. The number of carbonyl (C=O) groups is 3. The van der Waals surface area contributed by atoms with Crippen LogP contribution < -0.4 is 5.32 Å². The fourth-order valence-electron chi connectivity index (χ4n) is 3.03. The van der Waals surface area contributed by atoms with Gasteiger partial charge in [0.2, 0.25) is 11.8 Å². The highest BCUT2D eigenvalue weighted by atomic mass is 16.5. The van der Waals surface area contributed by atoms with E-state index >= 15 is 0 Å². The lowest BCUT2D eigenvalue weighted by atomic mass is 10.0. The molecule has 26 heavy (non-hydrogen) atoms. The summed E-state index contributed by atoms with van der Waals surface area (Å²) in [5.41, 5.74) is 1.56. The van der Waals surface area contributed by atoms with Crippen molar-refractivity contribution in [2.75, 3.05) is 19.0 Å². The van der Waals surface area contributed by atoms with Gasteiger partial charge in [-0.3, -0.25) is 9.59 Å². The fourth-order valence-corrected chi connectivity index (χ4v) is 3.03. The van der Waals surface area contributed by atoms with Crippen LogP contribution >= 0.6 is 0 Å². The molecule has 0 aliphatic carbocycles. The summed E-state index contributed by atoms with van der Waals surface area (Å²) in [6.45, 7) is 2.43. The van der Waals surface area contributed by atoms with E-state index in [9.17, 15) is 14.4 Å². The molecule has 7 nitrogen and oxygen atoms in total. The van der Waals surface area contributed by atoms with Crippen molar-refractivity contribution in [3.8, 4) is 0 Å². The molecular weight excluding hydrogens is 336 g/mol. The number of benzene rings is 1. The van der Waals surface area contributed by atoms with Gasteiger partial charge in [0.25, 0.3) is 0 Å². The van der Waals surface area contributed by atoms with Crippen molar-refractivity contribution in [1.29, 1.82) is 0 Å². The summed E-state index contributed by atoms with van der Waals surface area (Å²) in [4.78, 5) is 38.1. The predicted octanol–water partition coefficient (Wildman–Crippen LogP) is 2.36. The largest absolute Gasteiger partial charge is 0.467 e. The van der Waals surface area contributed by atoms with Gasteiger partial charge >= 0.3 is 5.97 Å². The van der Waals surface area contributed by atoms with Crippen LogP contribution in [0.3, 0.4) is 0 Å². The maximum Gasteiger partial charge on any atom is 0.338 e. The maximum atomic E-state index is 12.6. The van der Waals surface area contributed by atoms with Crippen LogP contribution in [0, 0.1) is 12.8 Å². The Morgan fingerprint density at radius 1 is 1.31 bits per heavy atom.